The Balaban J connectivity index is 3.24. The molecule has 0 bridgehead atoms. The van der Waals surface area contributed by atoms with Gasteiger partial charge in [0.2, 0.25) is 0 Å². The van der Waals surface area contributed by atoms with Crippen molar-refractivity contribution in [2.45, 2.75) is 40.0 Å². The summed E-state index contributed by atoms with van der Waals surface area (Å²) < 4.78 is 5.63. The van der Waals surface area contributed by atoms with Crippen LogP contribution in [0.25, 0.3) is 0 Å². The van der Waals surface area contributed by atoms with E-state index in [0.717, 1.165) is 38.0 Å². The molecule has 0 aromatic heterocycles. The summed E-state index contributed by atoms with van der Waals surface area (Å²) >= 11 is 4.30. The fourth-order valence-corrected chi connectivity index (χ4v) is 1.74. The first-order valence-electron chi connectivity index (χ1n) is 6.93. The zero-order valence-electron chi connectivity index (χ0n) is 12.1. The highest BCUT2D eigenvalue weighted by Crippen LogP contribution is 2.05. The van der Waals surface area contributed by atoms with Crippen molar-refractivity contribution in [1.82, 2.24) is 4.90 Å². The zero-order chi connectivity index (χ0) is 13.1. The molecular formula is C14H31NOS. The third kappa shape index (κ3) is 12.5. The van der Waals surface area contributed by atoms with E-state index in [-0.39, 0.29) is 0 Å². The van der Waals surface area contributed by atoms with Crippen LogP contribution in [0.1, 0.15) is 40.0 Å². The summed E-state index contributed by atoms with van der Waals surface area (Å²) in [5, 5.41) is 0. The van der Waals surface area contributed by atoms with Gasteiger partial charge in [0.25, 0.3) is 0 Å². The minimum atomic E-state index is 0.716. The maximum Gasteiger partial charge on any atom is 0.0593 e. The third-order valence-electron chi connectivity index (χ3n) is 3.00. The van der Waals surface area contributed by atoms with Gasteiger partial charge in [-0.05, 0) is 50.4 Å². The van der Waals surface area contributed by atoms with E-state index in [9.17, 15) is 0 Å². The number of nitrogens with zero attached hydrogens (tertiary/aromatic N) is 1. The topological polar surface area (TPSA) is 12.5 Å². The van der Waals surface area contributed by atoms with Crippen LogP contribution in [0.4, 0.5) is 0 Å². The molecule has 0 fully saturated rings. The van der Waals surface area contributed by atoms with Gasteiger partial charge in [0, 0.05) is 13.2 Å². The number of ether oxygens (including phenoxy) is 1. The van der Waals surface area contributed by atoms with Crippen LogP contribution >= 0.6 is 12.6 Å². The molecule has 1 unspecified atom stereocenters. The van der Waals surface area contributed by atoms with Gasteiger partial charge in [0.15, 0.2) is 0 Å². The van der Waals surface area contributed by atoms with Crippen LogP contribution in [0.15, 0.2) is 0 Å². The third-order valence-corrected chi connectivity index (χ3v) is 3.63. The van der Waals surface area contributed by atoms with Gasteiger partial charge in [-0.1, -0.05) is 20.8 Å². The van der Waals surface area contributed by atoms with Crippen LogP contribution in [0, 0.1) is 11.8 Å². The molecule has 0 aliphatic carbocycles. The molecule has 0 aliphatic heterocycles. The molecular weight excluding hydrogens is 230 g/mol. The molecule has 1 atom stereocenters. The Bertz CT molecular complexity index is 164. The predicted molar refractivity (Wildman–Crippen MR) is 80.0 cm³/mol. The van der Waals surface area contributed by atoms with E-state index in [1.807, 2.05) is 0 Å². The lowest BCUT2D eigenvalue weighted by Gasteiger charge is -2.18. The van der Waals surface area contributed by atoms with Crippen molar-refractivity contribution < 1.29 is 4.74 Å². The number of thiol groups is 1. The molecule has 2 nitrogen and oxygen atoms in total. The first-order valence-corrected chi connectivity index (χ1v) is 7.56. The summed E-state index contributed by atoms with van der Waals surface area (Å²) in [6.45, 7) is 10.7. The first kappa shape index (κ1) is 17.3. The van der Waals surface area contributed by atoms with Crippen molar-refractivity contribution in [3.63, 3.8) is 0 Å². The summed E-state index contributed by atoms with van der Waals surface area (Å²) in [6.07, 6.45) is 3.70. The predicted octanol–water partition coefficient (Wildman–Crippen LogP) is 3.33. The van der Waals surface area contributed by atoms with Crippen LogP contribution < -0.4 is 0 Å². The van der Waals surface area contributed by atoms with Crippen molar-refractivity contribution >= 4 is 12.6 Å². The summed E-state index contributed by atoms with van der Waals surface area (Å²) in [7, 11) is 2.17. The van der Waals surface area contributed by atoms with Gasteiger partial charge in [-0.2, -0.15) is 12.6 Å². The molecule has 0 aliphatic rings. The van der Waals surface area contributed by atoms with Crippen molar-refractivity contribution in [2.75, 3.05) is 39.1 Å². The van der Waals surface area contributed by atoms with Crippen LogP contribution in [0.3, 0.4) is 0 Å². The van der Waals surface area contributed by atoms with Gasteiger partial charge in [0.05, 0.1) is 6.61 Å². The van der Waals surface area contributed by atoms with E-state index < -0.39 is 0 Å². The molecule has 0 aromatic carbocycles. The zero-order valence-corrected chi connectivity index (χ0v) is 13.0. The molecule has 0 saturated heterocycles. The van der Waals surface area contributed by atoms with Gasteiger partial charge in [-0.3, -0.25) is 0 Å². The van der Waals surface area contributed by atoms with Gasteiger partial charge >= 0.3 is 0 Å². The van der Waals surface area contributed by atoms with Crippen molar-refractivity contribution in [2.24, 2.45) is 11.8 Å². The Hall–Kier alpha value is 0.270. The maximum atomic E-state index is 5.63. The quantitative estimate of drug-likeness (QED) is 0.452. The minimum Gasteiger partial charge on any atom is -0.380 e. The highest BCUT2D eigenvalue weighted by molar-refractivity contribution is 7.80. The molecule has 3 heteroatoms. The lowest BCUT2D eigenvalue weighted by atomic mass is 10.1. The fraction of sp³-hybridized carbons (Fsp3) is 1.00. The average molecular weight is 261 g/mol. The fourth-order valence-electron chi connectivity index (χ4n) is 1.56. The normalized spacial score (nSPS) is 13.6. The lowest BCUT2D eigenvalue weighted by Crippen LogP contribution is -2.25. The van der Waals surface area contributed by atoms with E-state index >= 15 is 0 Å². The lowest BCUT2D eigenvalue weighted by molar-refractivity contribution is 0.105. The van der Waals surface area contributed by atoms with E-state index in [4.69, 9.17) is 4.74 Å². The summed E-state index contributed by atoms with van der Waals surface area (Å²) in [4.78, 5) is 2.35. The molecule has 0 aromatic rings. The van der Waals surface area contributed by atoms with Gasteiger partial charge in [0.1, 0.15) is 0 Å². The molecule has 0 rings (SSSR count). The maximum absolute atomic E-state index is 5.63. The molecule has 0 spiro atoms. The van der Waals surface area contributed by atoms with Crippen molar-refractivity contribution in [3.05, 3.63) is 0 Å². The van der Waals surface area contributed by atoms with Crippen LogP contribution in [0.2, 0.25) is 0 Å². The van der Waals surface area contributed by atoms with E-state index in [0.29, 0.717) is 5.92 Å². The number of likely N-dealkylation sites (N-methyl/N-ethyl adjacent to an activating group) is 1. The second kappa shape index (κ2) is 11.4. The van der Waals surface area contributed by atoms with Crippen LogP contribution in [-0.4, -0.2) is 44.0 Å². The molecule has 17 heavy (non-hydrogen) atoms. The van der Waals surface area contributed by atoms with Crippen LogP contribution in [-0.2, 0) is 4.74 Å². The largest absolute Gasteiger partial charge is 0.380 e. The summed E-state index contributed by atoms with van der Waals surface area (Å²) in [5.74, 6) is 2.50. The standard InChI is InChI=1S/C14H31NOS/c1-13(2)6-5-10-16-11-9-15(4)8-7-14(3)12-17/h13-14,17H,5-12H2,1-4H3. The Morgan fingerprint density at radius 1 is 1.06 bits per heavy atom. The average Bonchev–Trinajstić information content (AvgIpc) is 2.30. The minimum absolute atomic E-state index is 0.716. The highest BCUT2D eigenvalue weighted by Gasteiger charge is 2.03. The first-order chi connectivity index (χ1) is 8.06. The SMILES string of the molecule is CC(C)CCCOCCN(C)CCC(C)CS. The summed E-state index contributed by atoms with van der Waals surface area (Å²) in [6, 6.07) is 0. The Labute approximate surface area is 114 Å². The Kier molecular flexibility index (Phi) is 11.5. The van der Waals surface area contributed by atoms with E-state index in [2.05, 4.69) is 45.3 Å². The van der Waals surface area contributed by atoms with Crippen molar-refractivity contribution in [3.8, 4) is 0 Å². The summed E-state index contributed by atoms with van der Waals surface area (Å²) in [5.41, 5.74) is 0. The number of rotatable bonds is 11. The smallest absolute Gasteiger partial charge is 0.0593 e. The molecule has 0 amide bonds. The number of hydrogen-bond acceptors (Lipinski definition) is 3. The molecule has 0 heterocycles. The molecule has 0 N–H and O–H groups in total. The second-order valence-corrected chi connectivity index (χ2v) is 5.89. The van der Waals surface area contributed by atoms with E-state index in [1.165, 1.54) is 19.3 Å². The van der Waals surface area contributed by atoms with Gasteiger partial charge in [-0.15, -0.1) is 0 Å². The van der Waals surface area contributed by atoms with Gasteiger partial charge < -0.3 is 9.64 Å². The van der Waals surface area contributed by atoms with E-state index in [1.54, 1.807) is 0 Å². The Morgan fingerprint density at radius 3 is 2.35 bits per heavy atom. The molecule has 0 radical (unpaired) electrons. The van der Waals surface area contributed by atoms with Crippen LogP contribution in [0.5, 0.6) is 0 Å². The molecule has 0 saturated carbocycles. The Morgan fingerprint density at radius 2 is 1.76 bits per heavy atom. The monoisotopic (exact) mass is 261 g/mol. The second-order valence-electron chi connectivity index (χ2n) is 5.53. The van der Waals surface area contributed by atoms with Gasteiger partial charge in [-0.25, -0.2) is 0 Å². The van der Waals surface area contributed by atoms with Crippen molar-refractivity contribution in [1.29, 1.82) is 0 Å². The highest BCUT2D eigenvalue weighted by atomic mass is 32.1. The molecule has 104 valence electrons. The number of hydrogen-bond donors (Lipinski definition) is 1.